The van der Waals surface area contributed by atoms with E-state index in [1.54, 1.807) is 12.1 Å². The fraction of sp³-hybridized carbons (Fsp3) is 0.280. The van der Waals surface area contributed by atoms with E-state index >= 15 is 0 Å². The molecule has 0 radical (unpaired) electrons. The number of likely N-dealkylation sites (N-methyl/N-ethyl adjacent to an activating group) is 1. The van der Waals surface area contributed by atoms with Gasteiger partial charge in [0.1, 0.15) is 19.6 Å². The zero-order valence-electron chi connectivity index (χ0n) is 22.0. The second kappa shape index (κ2) is 11.4. The van der Waals surface area contributed by atoms with Gasteiger partial charge in [-0.15, -0.1) is 4.40 Å². The predicted octanol–water partition coefficient (Wildman–Crippen LogP) is 0.402. The molecular weight excluding hydrogens is 560 g/mol. The minimum absolute atomic E-state index is 0.0242. The van der Waals surface area contributed by atoms with E-state index in [1.807, 2.05) is 6.92 Å². The van der Waals surface area contributed by atoms with E-state index in [0.717, 1.165) is 5.56 Å². The molecular formula is C25H26N6O7S2. The lowest BCUT2D eigenvalue weighted by atomic mass is 10.1. The summed E-state index contributed by atoms with van der Waals surface area (Å²) in [7, 11) is 0.155. The number of methoxy groups -OCH3 is 1. The first-order valence-corrected chi connectivity index (χ1v) is 13.7. The van der Waals surface area contributed by atoms with Crippen LogP contribution in [-0.4, -0.2) is 61.3 Å². The number of anilines is 1. The largest absolute Gasteiger partial charge is 0.486 e. The number of ether oxygens (including phenoxy) is 1. The standard InChI is InChI=1S/C25H26N6O7S2/c1-15-5-11-18(12-6-15)40(35,36)27-22-20(30(3)28-38-22)14-31-19(23(33)29(2)25(31)39)13-21(32)26-17-9-7-16(8-10-17)24(34)37-4/h5-12,19H,13-14H2,1-4H3,(H,26,32)/b27-22-. The summed E-state index contributed by atoms with van der Waals surface area (Å²) in [5.74, 6) is -1.40. The molecule has 1 N–H and O–H groups in total. The van der Waals surface area contributed by atoms with Gasteiger partial charge in [0.15, 0.2) is 5.11 Å². The molecule has 1 unspecified atom stereocenters. The molecule has 40 heavy (non-hydrogen) atoms. The number of rotatable bonds is 8. The molecule has 2 aromatic carbocycles. The van der Waals surface area contributed by atoms with E-state index in [9.17, 15) is 22.8 Å². The van der Waals surface area contributed by atoms with Gasteiger partial charge in [-0.2, -0.15) is 8.42 Å². The Morgan fingerprint density at radius 1 is 1.18 bits per heavy atom. The van der Waals surface area contributed by atoms with Gasteiger partial charge in [0.2, 0.25) is 5.91 Å². The van der Waals surface area contributed by atoms with Crippen molar-refractivity contribution in [2.45, 2.75) is 30.8 Å². The number of hydrogen-bond donors (Lipinski definition) is 1. The number of nitrogens with one attached hydrogen (secondary N) is 1. The molecule has 2 heterocycles. The molecule has 2 amide bonds. The summed E-state index contributed by atoms with van der Waals surface area (Å²) < 4.78 is 40.8. The lowest BCUT2D eigenvalue weighted by Gasteiger charge is -2.21. The first kappa shape index (κ1) is 28.6. The van der Waals surface area contributed by atoms with Gasteiger partial charge in [-0.1, -0.05) is 17.7 Å². The summed E-state index contributed by atoms with van der Waals surface area (Å²) >= 11 is 5.45. The molecule has 0 saturated carbocycles. The number of thiocarbonyl (C=S) groups is 1. The Kier molecular flexibility index (Phi) is 8.16. The maximum absolute atomic E-state index is 13.0. The van der Waals surface area contributed by atoms with Crippen molar-refractivity contribution in [1.82, 2.24) is 15.1 Å². The van der Waals surface area contributed by atoms with Crippen LogP contribution >= 0.6 is 12.2 Å². The molecule has 0 spiro atoms. The van der Waals surface area contributed by atoms with E-state index in [2.05, 4.69) is 19.7 Å². The Balaban J connectivity index is 1.57. The van der Waals surface area contributed by atoms with Gasteiger partial charge in [-0.25, -0.2) is 9.48 Å². The molecule has 4 rings (SSSR count). The average molecular weight is 587 g/mol. The van der Waals surface area contributed by atoms with Crippen molar-refractivity contribution in [3.63, 3.8) is 0 Å². The maximum atomic E-state index is 13.0. The van der Waals surface area contributed by atoms with E-state index in [1.165, 1.54) is 72.1 Å². The summed E-state index contributed by atoms with van der Waals surface area (Å²) in [6.45, 7) is 1.72. The molecule has 15 heteroatoms. The molecule has 210 valence electrons. The quantitative estimate of drug-likeness (QED) is 0.223. The van der Waals surface area contributed by atoms with Gasteiger partial charge < -0.3 is 19.5 Å². The average Bonchev–Trinajstić information content (AvgIpc) is 3.35. The molecule has 1 saturated heterocycles. The van der Waals surface area contributed by atoms with Crippen molar-refractivity contribution in [3.8, 4) is 0 Å². The van der Waals surface area contributed by atoms with Gasteiger partial charge >= 0.3 is 5.97 Å². The fourth-order valence-corrected chi connectivity index (χ4v) is 5.18. The van der Waals surface area contributed by atoms with Crippen LogP contribution in [0.1, 0.15) is 28.0 Å². The fourth-order valence-electron chi connectivity index (χ4n) is 3.96. The number of carbonyl (C=O) groups is 3. The molecule has 1 aromatic heterocycles. The number of aryl methyl sites for hydroxylation is 2. The van der Waals surface area contributed by atoms with Crippen LogP contribution in [-0.2, 0) is 37.9 Å². The highest BCUT2D eigenvalue weighted by atomic mass is 32.2. The molecule has 0 bridgehead atoms. The van der Waals surface area contributed by atoms with Crippen molar-refractivity contribution in [1.29, 1.82) is 0 Å². The maximum Gasteiger partial charge on any atom is 0.337 e. The van der Waals surface area contributed by atoms with Crippen LogP contribution in [0.15, 0.2) is 62.3 Å². The van der Waals surface area contributed by atoms with Crippen LogP contribution in [0.5, 0.6) is 0 Å². The van der Waals surface area contributed by atoms with Crippen molar-refractivity contribution < 1.29 is 36.7 Å². The third-order valence-electron chi connectivity index (χ3n) is 6.22. The number of amides is 2. The summed E-state index contributed by atoms with van der Waals surface area (Å²) in [5.41, 5.74) is 1.57. The zero-order valence-corrected chi connectivity index (χ0v) is 23.7. The number of carbonyl (C=O) groups excluding carboxylic acids is 3. The minimum Gasteiger partial charge on any atom is -0.486 e. The number of nitrogens with zero attached hydrogens (tertiary/aromatic N) is 5. The highest BCUT2D eigenvalue weighted by Crippen LogP contribution is 2.22. The minimum atomic E-state index is -4.13. The topological polar surface area (TPSA) is 157 Å². The van der Waals surface area contributed by atoms with E-state index < -0.39 is 33.8 Å². The smallest absolute Gasteiger partial charge is 0.337 e. The van der Waals surface area contributed by atoms with Gasteiger partial charge in [-0.05, 0) is 55.5 Å². The highest BCUT2D eigenvalue weighted by Gasteiger charge is 2.43. The summed E-state index contributed by atoms with van der Waals surface area (Å²) in [6, 6.07) is 11.3. The Morgan fingerprint density at radius 3 is 2.45 bits per heavy atom. The molecule has 1 aliphatic heterocycles. The predicted molar refractivity (Wildman–Crippen MR) is 143 cm³/mol. The summed E-state index contributed by atoms with van der Waals surface area (Å²) in [6.07, 6.45) is -0.259. The van der Waals surface area contributed by atoms with Crippen molar-refractivity contribution in [2.75, 3.05) is 19.5 Å². The molecule has 13 nitrogen and oxygen atoms in total. The normalized spacial score (nSPS) is 16.0. The van der Waals surface area contributed by atoms with Crippen molar-refractivity contribution in [2.24, 2.45) is 11.4 Å². The summed E-state index contributed by atoms with van der Waals surface area (Å²) in [5, 5.41) is 6.61. The Bertz CT molecular complexity index is 1640. The Morgan fingerprint density at radius 2 is 1.82 bits per heavy atom. The summed E-state index contributed by atoms with van der Waals surface area (Å²) in [4.78, 5) is 40.2. The van der Waals surface area contributed by atoms with Crippen LogP contribution in [0, 0.1) is 6.92 Å². The third-order valence-corrected chi connectivity index (χ3v) is 8.00. The number of sulfonamides is 1. The SMILES string of the molecule is COC(=O)c1ccc(NC(=O)CC2C(=O)N(C)C(=S)N2Cc2/c(=N/S(=O)(=O)c3ccc(C)cc3)o[n-][n+]2C)cc1. The molecule has 1 atom stereocenters. The monoisotopic (exact) mass is 586 g/mol. The first-order valence-electron chi connectivity index (χ1n) is 11.9. The molecule has 1 fully saturated rings. The second-order valence-corrected chi connectivity index (χ2v) is 10.9. The highest BCUT2D eigenvalue weighted by molar-refractivity contribution is 7.90. The van der Waals surface area contributed by atoms with E-state index in [0.29, 0.717) is 11.3 Å². The Hall–Kier alpha value is -4.37. The molecule has 3 aromatic rings. The molecule has 1 aliphatic rings. The number of aromatic nitrogens is 2. The van der Waals surface area contributed by atoms with Crippen LogP contribution in [0.3, 0.4) is 0 Å². The van der Waals surface area contributed by atoms with Crippen LogP contribution in [0.4, 0.5) is 5.69 Å². The van der Waals surface area contributed by atoms with Crippen LogP contribution < -0.4 is 20.8 Å². The van der Waals surface area contributed by atoms with E-state index in [4.69, 9.17) is 16.7 Å². The number of benzene rings is 2. The molecule has 0 aliphatic carbocycles. The Labute approximate surface area is 235 Å². The second-order valence-electron chi connectivity index (χ2n) is 8.97. The van der Waals surface area contributed by atoms with Gasteiger partial charge in [0.05, 0.1) is 24.0 Å². The lowest BCUT2D eigenvalue weighted by molar-refractivity contribution is -0.752. The zero-order chi connectivity index (χ0) is 29.2. The van der Waals surface area contributed by atoms with Gasteiger partial charge in [0.25, 0.3) is 27.2 Å². The van der Waals surface area contributed by atoms with Crippen molar-refractivity contribution >= 4 is 50.8 Å². The first-order chi connectivity index (χ1) is 18.9. The van der Waals surface area contributed by atoms with Gasteiger partial charge in [0, 0.05) is 12.7 Å². The van der Waals surface area contributed by atoms with Crippen LogP contribution in [0.2, 0.25) is 0 Å². The van der Waals surface area contributed by atoms with E-state index in [-0.39, 0.29) is 34.2 Å². The van der Waals surface area contributed by atoms with Crippen LogP contribution in [0.25, 0.3) is 0 Å². The number of hydrogen-bond acceptors (Lipinski definition) is 8. The third kappa shape index (κ3) is 5.94. The number of esters is 1. The van der Waals surface area contributed by atoms with Crippen molar-refractivity contribution in [3.05, 3.63) is 70.9 Å². The lowest BCUT2D eigenvalue weighted by Crippen LogP contribution is -2.45. The van der Waals surface area contributed by atoms with Gasteiger partial charge in [-0.3, -0.25) is 19.8 Å².